The Kier molecular flexibility index (Phi) is 7.80. The molecule has 2 heterocycles. The maximum atomic E-state index is 15.6. The molecule has 0 spiro atoms. The summed E-state index contributed by atoms with van der Waals surface area (Å²) in [7, 11) is -3.06. The molecule has 1 aliphatic rings. The third kappa shape index (κ3) is 5.52. The minimum absolute atomic E-state index is 0.0112. The lowest BCUT2D eigenvalue weighted by Gasteiger charge is -2.17. The summed E-state index contributed by atoms with van der Waals surface area (Å²) < 4.78 is 85.8. The highest BCUT2D eigenvalue weighted by molar-refractivity contribution is 7.89. The van der Waals surface area contributed by atoms with Crippen molar-refractivity contribution in [2.75, 3.05) is 33.2 Å². The van der Waals surface area contributed by atoms with Crippen LogP contribution in [0.25, 0.3) is 22.0 Å². The molecular weight excluding hydrogens is 544 g/mol. The molecular formula is C25H24F4N4O5S. The van der Waals surface area contributed by atoms with Crippen molar-refractivity contribution in [3.63, 3.8) is 0 Å². The molecule has 1 aromatic heterocycles. The van der Waals surface area contributed by atoms with Crippen molar-refractivity contribution in [2.45, 2.75) is 24.4 Å². The first-order valence-electron chi connectivity index (χ1n) is 11.8. The smallest absolute Gasteiger partial charge is 0.407 e. The molecule has 0 unspecified atom stereocenters. The number of carbonyl (C=O) groups is 2. The van der Waals surface area contributed by atoms with E-state index < -0.39 is 68.2 Å². The quantitative estimate of drug-likeness (QED) is 0.420. The van der Waals surface area contributed by atoms with Gasteiger partial charge in [0.2, 0.25) is 10.0 Å². The number of carboxylic acid groups (broad SMARTS) is 1. The zero-order chi connectivity index (χ0) is 28.6. The van der Waals surface area contributed by atoms with Gasteiger partial charge in [-0.05, 0) is 43.2 Å². The summed E-state index contributed by atoms with van der Waals surface area (Å²) >= 11 is 0. The predicted molar refractivity (Wildman–Crippen MR) is 133 cm³/mol. The van der Waals surface area contributed by atoms with Gasteiger partial charge in [-0.2, -0.15) is 4.31 Å². The van der Waals surface area contributed by atoms with Gasteiger partial charge in [-0.3, -0.25) is 4.79 Å². The maximum absolute atomic E-state index is 15.6. The van der Waals surface area contributed by atoms with Crippen molar-refractivity contribution < 1.29 is 40.7 Å². The molecule has 9 nitrogen and oxygen atoms in total. The number of rotatable bonds is 7. The number of likely N-dealkylation sites (N-methyl/N-ethyl adjacent to an activating group) is 1. The van der Waals surface area contributed by atoms with Crippen LogP contribution in [0.3, 0.4) is 0 Å². The van der Waals surface area contributed by atoms with Gasteiger partial charge in [0, 0.05) is 44.2 Å². The van der Waals surface area contributed by atoms with Crippen molar-refractivity contribution in [2.24, 2.45) is 0 Å². The number of nitrogens with zero attached hydrogens (tertiary/aromatic N) is 3. The van der Waals surface area contributed by atoms with Gasteiger partial charge in [0.15, 0.2) is 5.82 Å². The second-order valence-corrected chi connectivity index (χ2v) is 11.1. The van der Waals surface area contributed by atoms with Crippen LogP contribution in [-0.2, 0) is 10.0 Å². The van der Waals surface area contributed by atoms with Gasteiger partial charge in [-0.1, -0.05) is 6.07 Å². The van der Waals surface area contributed by atoms with E-state index in [1.165, 1.54) is 25.2 Å². The van der Waals surface area contributed by atoms with E-state index in [-0.39, 0.29) is 42.7 Å². The van der Waals surface area contributed by atoms with Gasteiger partial charge in [-0.15, -0.1) is 0 Å². The third-order valence-corrected chi connectivity index (χ3v) is 8.28. The highest BCUT2D eigenvalue weighted by Crippen LogP contribution is 2.36. The first-order chi connectivity index (χ1) is 18.3. The van der Waals surface area contributed by atoms with Gasteiger partial charge in [0.1, 0.15) is 29.0 Å². The van der Waals surface area contributed by atoms with E-state index in [4.69, 9.17) is 5.11 Å². The molecule has 0 aliphatic carbocycles. The van der Waals surface area contributed by atoms with E-state index in [0.29, 0.717) is 17.7 Å². The minimum Gasteiger partial charge on any atom is -0.465 e. The largest absolute Gasteiger partial charge is 0.465 e. The lowest BCUT2D eigenvalue weighted by molar-refractivity contribution is 0.0942. The van der Waals surface area contributed by atoms with E-state index in [1.54, 1.807) is 6.92 Å². The number of aromatic nitrogens is 1. The zero-order valence-corrected chi connectivity index (χ0v) is 21.7. The lowest BCUT2D eigenvalue weighted by atomic mass is 9.98. The van der Waals surface area contributed by atoms with E-state index >= 15 is 13.2 Å². The SMILES string of the molecule is Cc1cc(-c2c(F)cc(S(=O)(=O)N3CC[C@H](F)C3)cc2F)c(F)c2nc(C(=O)NCCN(C)C(=O)O)ccc12. The Labute approximate surface area is 221 Å². The molecule has 1 saturated heterocycles. The second-order valence-electron chi connectivity index (χ2n) is 9.12. The molecule has 2 aromatic carbocycles. The molecule has 0 bridgehead atoms. The van der Waals surface area contributed by atoms with Crippen LogP contribution < -0.4 is 5.32 Å². The fraction of sp³-hybridized carbons (Fsp3) is 0.320. The summed E-state index contributed by atoms with van der Waals surface area (Å²) in [5, 5.41) is 11.6. The summed E-state index contributed by atoms with van der Waals surface area (Å²) in [4.78, 5) is 27.6. The Bertz CT molecular complexity index is 1560. The predicted octanol–water partition coefficient (Wildman–Crippen LogP) is 3.70. The summed E-state index contributed by atoms with van der Waals surface area (Å²) in [6, 6.07) is 5.04. The average molecular weight is 569 g/mol. The molecule has 2 N–H and O–H groups in total. The minimum atomic E-state index is -4.37. The van der Waals surface area contributed by atoms with Gasteiger partial charge in [-0.25, -0.2) is 35.8 Å². The van der Waals surface area contributed by atoms with Crippen molar-refractivity contribution >= 4 is 32.9 Å². The molecule has 1 aliphatic heterocycles. The van der Waals surface area contributed by atoms with Crippen LogP contribution in [-0.4, -0.2) is 79.1 Å². The van der Waals surface area contributed by atoms with Gasteiger partial charge < -0.3 is 15.3 Å². The Balaban J connectivity index is 1.70. The lowest BCUT2D eigenvalue weighted by Crippen LogP contribution is -2.35. The molecule has 208 valence electrons. The molecule has 2 amide bonds. The van der Waals surface area contributed by atoms with Crippen LogP contribution in [0.5, 0.6) is 0 Å². The highest BCUT2D eigenvalue weighted by atomic mass is 32.2. The van der Waals surface area contributed by atoms with Crippen LogP contribution in [0.15, 0.2) is 35.2 Å². The molecule has 3 aromatic rings. The van der Waals surface area contributed by atoms with Crippen molar-refractivity contribution in [1.29, 1.82) is 0 Å². The number of nitrogens with one attached hydrogen (secondary N) is 1. The van der Waals surface area contributed by atoms with Crippen molar-refractivity contribution in [3.05, 3.63) is 59.0 Å². The number of fused-ring (bicyclic) bond motifs is 1. The van der Waals surface area contributed by atoms with Crippen LogP contribution in [0.2, 0.25) is 0 Å². The molecule has 4 rings (SSSR count). The Morgan fingerprint density at radius 1 is 1.18 bits per heavy atom. The fourth-order valence-electron chi connectivity index (χ4n) is 4.27. The molecule has 39 heavy (non-hydrogen) atoms. The fourth-order valence-corrected chi connectivity index (χ4v) is 5.78. The summed E-state index contributed by atoms with van der Waals surface area (Å²) in [5.41, 5.74) is -1.53. The first kappa shape index (κ1) is 28.2. The number of pyridine rings is 1. The van der Waals surface area contributed by atoms with Crippen molar-refractivity contribution in [1.82, 2.24) is 19.5 Å². The maximum Gasteiger partial charge on any atom is 0.407 e. The zero-order valence-electron chi connectivity index (χ0n) is 20.8. The van der Waals surface area contributed by atoms with Gasteiger partial charge in [0.05, 0.1) is 10.5 Å². The normalized spacial score (nSPS) is 16.0. The second kappa shape index (κ2) is 10.8. The van der Waals surface area contributed by atoms with E-state index in [2.05, 4.69) is 10.3 Å². The van der Waals surface area contributed by atoms with Crippen LogP contribution >= 0.6 is 0 Å². The van der Waals surface area contributed by atoms with Crippen LogP contribution in [0.1, 0.15) is 22.5 Å². The van der Waals surface area contributed by atoms with Crippen LogP contribution in [0.4, 0.5) is 22.4 Å². The van der Waals surface area contributed by atoms with Gasteiger partial charge in [0.25, 0.3) is 5.91 Å². The van der Waals surface area contributed by atoms with Gasteiger partial charge >= 0.3 is 6.09 Å². The van der Waals surface area contributed by atoms with E-state index in [1.807, 2.05) is 0 Å². The molecule has 0 saturated carbocycles. The van der Waals surface area contributed by atoms with Crippen LogP contribution in [0, 0.1) is 24.4 Å². The molecule has 1 fully saturated rings. The number of carbonyl (C=O) groups excluding carboxylic acids is 1. The summed E-state index contributed by atoms with van der Waals surface area (Å²) in [6.07, 6.45) is -2.60. The molecule has 0 radical (unpaired) electrons. The third-order valence-electron chi connectivity index (χ3n) is 6.43. The van der Waals surface area contributed by atoms with E-state index in [9.17, 15) is 22.4 Å². The summed E-state index contributed by atoms with van der Waals surface area (Å²) in [6.45, 7) is 0.930. The topological polar surface area (TPSA) is 120 Å². The number of hydrogen-bond acceptors (Lipinski definition) is 5. The standard InChI is InChI=1S/C25H24F4N4O5S/c1-13-9-17(21-18(27)10-15(11-19(21)28)39(37,38)33-7-5-14(26)12-33)22(29)23-16(13)3-4-20(31-23)24(34)30-6-8-32(2)25(35)36/h3-4,9-11,14H,5-8,12H2,1-2H3,(H,30,34)(H,35,36)/t14-/m0/s1. The number of sulfonamides is 1. The van der Waals surface area contributed by atoms with Crippen molar-refractivity contribution in [3.8, 4) is 11.1 Å². The highest BCUT2D eigenvalue weighted by Gasteiger charge is 2.34. The summed E-state index contributed by atoms with van der Waals surface area (Å²) in [5.74, 6) is -4.55. The number of halogens is 4. The number of amides is 2. The monoisotopic (exact) mass is 568 g/mol. The number of hydrogen-bond donors (Lipinski definition) is 2. The Morgan fingerprint density at radius 2 is 1.85 bits per heavy atom. The Hall–Kier alpha value is -3.78. The number of alkyl halides is 1. The number of benzene rings is 2. The van der Waals surface area contributed by atoms with E-state index in [0.717, 1.165) is 9.21 Å². The first-order valence-corrected chi connectivity index (χ1v) is 13.2. The molecule has 1 atom stereocenters. The Morgan fingerprint density at radius 3 is 2.44 bits per heavy atom. The average Bonchev–Trinajstić information content (AvgIpc) is 3.33. The number of aryl methyl sites for hydroxylation is 1. The molecule has 14 heteroatoms.